The highest BCUT2D eigenvalue weighted by molar-refractivity contribution is 5.76. The van der Waals surface area contributed by atoms with Gasteiger partial charge in [0.2, 0.25) is 0 Å². The number of hydrogen-bond acceptors (Lipinski definition) is 2. The number of rotatable bonds is 0. The molecule has 0 fully saturated rings. The number of H-pyrrole nitrogens is 1. The molecule has 0 radical (unpaired) electrons. The van der Waals surface area contributed by atoms with Gasteiger partial charge in [-0.25, -0.2) is 0 Å². The number of aryl methyl sites for hydroxylation is 1. The monoisotopic (exact) mass is 135 g/mol. The van der Waals surface area contributed by atoms with E-state index in [-0.39, 0.29) is 1.43 Å². The molecule has 0 bridgehead atoms. The van der Waals surface area contributed by atoms with Crippen molar-refractivity contribution in [3.05, 3.63) is 23.8 Å². The molecule has 0 spiro atoms. The molecule has 1 aromatic heterocycles. The Labute approximate surface area is 59.5 Å². The lowest BCUT2D eigenvalue weighted by molar-refractivity contribution is 0.958. The first kappa shape index (κ1) is 5.41. The fourth-order valence-electron chi connectivity index (χ4n) is 1.01. The Morgan fingerprint density at radius 2 is 2.30 bits per heavy atom. The van der Waals surface area contributed by atoms with Gasteiger partial charge in [0.05, 0.1) is 0 Å². The van der Waals surface area contributed by atoms with E-state index in [2.05, 4.69) is 15.4 Å². The fraction of sp³-hybridized carbons (Fsp3) is 0.143. The summed E-state index contributed by atoms with van der Waals surface area (Å²) in [6.45, 7) is 2.02. The van der Waals surface area contributed by atoms with Gasteiger partial charge in [0.15, 0.2) is 0 Å². The second kappa shape index (κ2) is 1.80. The van der Waals surface area contributed by atoms with E-state index in [1.807, 2.05) is 25.1 Å². The second-order valence-electron chi connectivity index (χ2n) is 2.27. The van der Waals surface area contributed by atoms with E-state index in [1.165, 1.54) is 0 Å². The summed E-state index contributed by atoms with van der Waals surface area (Å²) in [5.41, 5.74) is 3.05. The predicted molar refractivity (Wildman–Crippen MR) is 40.7 cm³/mol. The fourth-order valence-corrected chi connectivity index (χ4v) is 1.01. The van der Waals surface area contributed by atoms with Gasteiger partial charge in [-0.3, -0.25) is 0 Å². The number of para-hydroxylation sites is 1. The highest BCUT2D eigenvalue weighted by atomic mass is 15.3. The molecule has 2 aromatic rings. The standard InChI is InChI=1S/C7H7N3.H2/c1-5-3-2-4-6-7(5)9-10-8-6;/h2-4H,1H3,(H,8,9,10);1H. The smallest absolute Gasteiger partial charge is 0.115 e. The Morgan fingerprint density at radius 3 is 3.10 bits per heavy atom. The minimum absolute atomic E-state index is 0. The molecular formula is C7H9N3. The van der Waals surface area contributed by atoms with E-state index >= 15 is 0 Å². The maximum atomic E-state index is 3.98. The number of hydrogen-bond donors (Lipinski definition) is 1. The molecule has 3 nitrogen and oxygen atoms in total. The summed E-state index contributed by atoms with van der Waals surface area (Å²) in [6.07, 6.45) is 0. The predicted octanol–water partition coefficient (Wildman–Crippen LogP) is 1.51. The Morgan fingerprint density at radius 1 is 1.40 bits per heavy atom. The third-order valence-corrected chi connectivity index (χ3v) is 1.55. The zero-order valence-electron chi connectivity index (χ0n) is 5.63. The zero-order valence-corrected chi connectivity index (χ0v) is 5.63. The van der Waals surface area contributed by atoms with E-state index in [1.54, 1.807) is 0 Å². The van der Waals surface area contributed by atoms with Crippen molar-refractivity contribution in [3.63, 3.8) is 0 Å². The maximum absolute atomic E-state index is 3.98. The molecule has 3 heteroatoms. The lowest BCUT2D eigenvalue weighted by atomic mass is 10.2. The Hall–Kier alpha value is -1.38. The molecule has 0 unspecified atom stereocenters. The molecule has 2 rings (SSSR count). The molecular weight excluding hydrogens is 126 g/mol. The van der Waals surface area contributed by atoms with Gasteiger partial charge in [0.1, 0.15) is 11.0 Å². The van der Waals surface area contributed by atoms with Crippen molar-refractivity contribution in [2.24, 2.45) is 0 Å². The van der Waals surface area contributed by atoms with Crippen molar-refractivity contribution < 1.29 is 1.43 Å². The third-order valence-electron chi connectivity index (χ3n) is 1.55. The van der Waals surface area contributed by atoms with Crippen molar-refractivity contribution in [1.82, 2.24) is 15.4 Å². The summed E-state index contributed by atoms with van der Waals surface area (Å²) >= 11 is 0. The Kier molecular flexibility index (Phi) is 0.974. The van der Waals surface area contributed by atoms with Crippen molar-refractivity contribution in [2.45, 2.75) is 6.92 Å². The van der Waals surface area contributed by atoms with Gasteiger partial charge in [-0.1, -0.05) is 12.1 Å². The molecule has 0 aliphatic heterocycles. The minimum atomic E-state index is 0. The quantitative estimate of drug-likeness (QED) is 0.595. The van der Waals surface area contributed by atoms with Crippen LogP contribution in [0.3, 0.4) is 0 Å². The minimum Gasteiger partial charge on any atom is -0.197 e. The van der Waals surface area contributed by atoms with Crippen molar-refractivity contribution in [2.75, 3.05) is 0 Å². The first-order valence-corrected chi connectivity index (χ1v) is 3.14. The Balaban J connectivity index is 0.000000605. The second-order valence-corrected chi connectivity index (χ2v) is 2.27. The van der Waals surface area contributed by atoms with Gasteiger partial charge < -0.3 is 0 Å². The van der Waals surface area contributed by atoms with Crippen LogP contribution in [0.4, 0.5) is 0 Å². The highest BCUT2D eigenvalue weighted by Gasteiger charge is 1.97. The lowest BCUT2D eigenvalue weighted by Crippen LogP contribution is -1.73. The van der Waals surface area contributed by atoms with Gasteiger partial charge in [-0.05, 0) is 18.6 Å². The van der Waals surface area contributed by atoms with Crippen molar-refractivity contribution >= 4 is 11.0 Å². The maximum Gasteiger partial charge on any atom is 0.115 e. The topological polar surface area (TPSA) is 41.6 Å². The van der Waals surface area contributed by atoms with Crippen LogP contribution in [0.5, 0.6) is 0 Å². The SMILES string of the molecule is Cc1cccc2n[nH]nc12.[HH]. The first-order chi connectivity index (χ1) is 4.88. The molecule has 52 valence electrons. The van der Waals surface area contributed by atoms with Gasteiger partial charge in [0.25, 0.3) is 0 Å². The molecule has 1 aromatic carbocycles. The molecule has 10 heavy (non-hydrogen) atoms. The van der Waals surface area contributed by atoms with Gasteiger partial charge in [-0.2, -0.15) is 15.4 Å². The number of aromatic amines is 1. The summed E-state index contributed by atoms with van der Waals surface area (Å²) in [6, 6.07) is 5.93. The van der Waals surface area contributed by atoms with Crippen molar-refractivity contribution in [3.8, 4) is 0 Å². The molecule has 0 aliphatic rings. The van der Waals surface area contributed by atoms with Crippen LogP contribution in [0.1, 0.15) is 6.99 Å². The van der Waals surface area contributed by atoms with Gasteiger partial charge in [0, 0.05) is 1.43 Å². The molecule has 0 atom stereocenters. The van der Waals surface area contributed by atoms with Crippen LogP contribution in [0.15, 0.2) is 18.2 Å². The largest absolute Gasteiger partial charge is 0.197 e. The van der Waals surface area contributed by atoms with Crippen LogP contribution < -0.4 is 0 Å². The van der Waals surface area contributed by atoms with Crippen LogP contribution in [0, 0.1) is 6.92 Å². The summed E-state index contributed by atoms with van der Waals surface area (Å²) in [5, 5.41) is 10.5. The summed E-state index contributed by atoms with van der Waals surface area (Å²) in [4.78, 5) is 0. The van der Waals surface area contributed by atoms with E-state index < -0.39 is 0 Å². The number of nitrogens with one attached hydrogen (secondary N) is 1. The van der Waals surface area contributed by atoms with Crippen LogP contribution in [-0.4, -0.2) is 15.4 Å². The first-order valence-electron chi connectivity index (χ1n) is 3.14. The molecule has 0 aliphatic carbocycles. The van der Waals surface area contributed by atoms with E-state index in [4.69, 9.17) is 0 Å². The van der Waals surface area contributed by atoms with Gasteiger partial charge in [-0.15, -0.1) is 0 Å². The Bertz CT molecular complexity index is 355. The average Bonchev–Trinajstić information content (AvgIpc) is 2.36. The van der Waals surface area contributed by atoms with Gasteiger partial charge >= 0.3 is 0 Å². The van der Waals surface area contributed by atoms with E-state index in [9.17, 15) is 0 Å². The number of aromatic nitrogens is 3. The normalized spacial score (nSPS) is 10.5. The van der Waals surface area contributed by atoms with Crippen LogP contribution in [0.2, 0.25) is 0 Å². The molecule has 0 amide bonds. The number of benzene rings is 1. The van der Waals surface area contributed by atoms with Crippen LogP contribution in [0.25, 0.3) is 11.0 Å². The molecule has 1 heterocycles. The molecule has 0 saturated carbocycles. The van der Waals surface area contributed by atoms with E-state index in [0.29, 0.717) is 0 Å². The number of fused-ring (bicyclic) bond motifs is 1. The van der Waals surface area contributed by atoms with E-state index in [0.717, 1.165) is 16.6 Å². The zero-order chi connectivity index (χ0) is 6.97. The highest BCUT2D eigenvalue weighted by Crippen LogP contribution is 2.10. The van der Waals surface area contributed by atoms with Crippen LogP contribution >= 0.6 is 0 Å². The van der Waals surface area contributed by atoms with Crippen LogP contribution in [-0.2, 0) is 0 Å². The lowest BCUT2D eigenvalue weighted by Gasteiger charge is -1.88. The third kappa shape index (κ3) is 0.603. The van der Waals surface area contributed by atoms with Crippen molar-refractivity contribution in [1.29, 1.82) is 0 Å². The average molecular weight is 135 g/mol. The summed E-state index contributed by atoms with van der Waals surface area (Å²) in [5.74, 6) is 0. The number of nitrogens with zero attached hydrogens (tertiary/aromatic N) is 2. The molecule has 0 saturated heterocycles. The summed E-state index contributed by atoms with van der Waals surface area (Å²) in [7, 11) is 0. The molecule has 1 N–H and O–H groups in total. The summed E-state index contributed by atoms with van der Waals surface area (Å²) < 4.78 is 0.